The van der Waals surface area contributed by atoms with Crippen molar-refractivity contribution < 1.29 is 9.47 Å². The molecule has 0 fully saturated rings. The summed E-state index contributed by atoms with van der Waals surface area (Å²) in [5, 5.41) is 0. The van der Waals surface area contributed by atoms with Crippen molar-refractivity contribution in [2.24, 2.45) is 0 Å². The van der Waals surface area contributed by atoms with Gasteiger partial charge in [0, 0.05) is 6.20 Å². The number of aromatic nitrogens is 1. The zero-order valence-corrected chi connectivity index (χ0v) is 9.01. The van der Waals surface area contributed by atoms with Gasteiger partial charge in [-0.1, -0.05) is 12.1 Å². The summed E-state index contributed by atoms with van der Waals surface area (Å²) >= 11 is 0. The predicted molar refractivity (Wildman–Crippen MR) is 60.4 cm³/mol. The van der Waals surface area contributed by atoms with E-state index in [2.05, 4.69) is 11.1 Å². The number of rotatable bonds is 4. The molecule has 81 valence electrons. The Kier molecular flexibility index (Phi) is 3.38. The van der Waals surface area contributed by atoms with Crippen LogP contribution in [0.3, 0.4) is 0 Å². The third-order valence-electron chi connectivity index (χ3n) is 2.11. The molecule has 1 aromatic heterocycles. The summed E-state index contributed by atoms with van der Waals surface area (Å²) in [5.41, 5.74) is 0.883. The molecule has 2 aromatic rings. The van der Waals surface area contributed by atoms with Crippen molar-refractivity contribution in [3.05, 3.63) is 54.4 Å². The van der Waals surface area contributed by atoms with Crippen LogP contribution in [0.5, 0.6) is 11.5 Å². The van der Waals surface area contributed by atoms with Gasteiger partial charge in [-0.3, -0.25) is 4.98 Å². The van der Waals surface area contributed by atoms with Crippen LogP contribution >= 0.6 is 0 Å². The molecule has 0 aliphatic heterocycles. The normalized spacial score (nSPS) is 9.81. The van der Waals surface area contributed by atoms with Crippen molar-refractivity contribution in [2.75, 3.05) is 7.11 Å². The molecule has 0 atom stereocenters. The molecule has 2 rings (SSSR count). The maximum atomic E-state index is 5.60. The molecular formula is C13H12NO2. The van der Waals surface area contributed by atoms with E-state index in [4.69, 9.17) is 9.47 Å². The molecule has 1 radical (unpaired) electrons. The van der Waals surface area contributed by atoms with Gasteiger partial charge in [0.15, 0.2) is 11.5 Å². The summed E-state index contributed by atoms with van der Waals surface area (Å²) in [6.45, 7) is 0.426. The standard InChI is InChI=1S/C13H12NO2/c1-15-12-7-2-3-8-13(12)16-10-11-6-4-5-9-14-11/h2,4-9H,10H2,1H3. The fraction of sp³-hybridized carbons (Fsp3) is 0.154. The maximum absolute atomic E-state index is 5.60. The van der Waals surface area contributed by atoms with Crippen LogP contribution in [0.25, 0.3) is 0 Å². The van der Waals surface area contributed by atoms with Crippen molar-refractivity contribution in [1.29, 1.82) is 0 Å². The summed E-state index contributed by atoms with van der Waals surface area (Å²) < 4.78 is 10.8. The molecule has 0 bridgehead atoms. The average Bonchev–Trinajstić information content (AvgIpc) is 2.38. The Morgan fingerprint density at radius 1 is 1.25 bits per heavy atom. The van der Waals surface area contributed by atoms with Crippen molar-refractivity contribution >= 4 is 0 Å². The largest absolute Gasteiger partial charge is 0.493 e. The minimum Gasteiger partial charge on any atom is -0.493 e. The second-order valence-electron chi connectivity index (χ2n) is 3.19. The van der Waals surface area contributed by atoms with Gasteiger partial charge in [0.05, 0.1) is 12.8 Å². The summed E-state index contributed by atoms with van der Waals surface area (Å²) in [5.74, 6) is 1.38. The first kappa shape index (κ1) is 10.5. The fourth-order valence-corrected chi connectivity index (χ4v) is 1.32. The SMILES string of the molecule is COc1cc[c]cc1OCc1ccccn1. The highest BCUT2D eigenvalue weighted by Crippen LogP contribution is 2.26. The minimum atomic E-state index is 0.426. The number of nitrogens with zero attached hydrogens (tertiary/aromatic N) is 1. The zero-order valence-electron chi connectivity index (χ0n) is 9.01. The summed E-state index contributed by atoms with van der Waals surface area (Å²) in [6, 6.07) is 14.0. The van der Waals surface area contributed by atoms with Gasteiger partial charge in [-0.25, -0.2) is 0 Å². The van der Waals surface area contributed by atoms with Gasteiger partial charge in [-0.15, -0.1) is 0 Å². The highest BCUT2D eigenvalue weighted by atomic mass is 16.5. The minimum absolute atomic E-state index is 0.426. The molecule has 1 heterocycles. The molecule has 0 saturated heterocycles. The highest BCUT2D eigenvalue weighted by Gasteiger charge is 2.02. The number of hydrogen-bond acceptors (Lipinski definition) is 3. The molecule has 0 N–H and O–H groups in total. The lowest BCUT2D eigenvalue weighted by atomic mass is 10.3. The van der Waals surface area contributed by atoms with E-state index < -0.39 is 0 Å². The van der Waals surface area contributed by atoms with Gasteiger partial charge < -0.3 is 9.47 Å². The van der Waals surface area contributed by atoms with Crippen LogP contribution in [-0.2, 0) is 6.61 Å². The number of ether oxygens (including phenoxy) is 2. The van der Waals surface area contributed by atoms with Crippen LogP contribution in [0, 0.1) is 6.07 Å². The topological polar surface area (TPSA) is 31.4 Å². The fourth-order valence-electron chi connectivity index (χ4n) is 1.32. The second-order valence-corrected chi connectivity index (χ2v) is 3.19. The van der Waals surface area contributed by atoms with Crippen LogP contribution in [0.4, 0.5) is 0 Å². The quantitative estimate of drug-likeness (QED) is 0.783. The molecule has 0 spiro atoms. The molecular weight excluding hydrogens is 202 g/mol. The van der Waals surface area contributed by atoms with E-state index in [1.54, 1.807) is 25.4 Å². The predicted octanol–water partition coefficient (Wildman–Crippen LogP) is 2.47. The molecule has 0 amide bonds. The van der Waals surface area contributed by atoms with Gasteiger partial charge in [0.2, 0.25) is 0 Å². The zero-order chi connectivity index (χ0) is 11.2. The average molecular weight is 214 g/mol. The molecule has 0 aliphatic carbocycles. The van der Waals surface area contributed by atoms with E-state index in [9.17, 15) is 0 Å². The molecule has 1 aromatic carbocycles. The Labute approximate surface area is 94.7 Å². The summed E-state index contributed by atoms with van der Waals surface area (Å²) in [6.07, 6.45) is 1.74. The smallest absolute Gasteiger partial charge is 0.162 e. The third-order valence-corrected chi connectivity index (χ3v) is 2.11. The monoisotopic (exact) mass is 214 g/mol. The lowest BCUT2D eigenvalue weighted by Gasteiger charge is -2.09. The van der Waals surface area contributed by atoms with Gasteiger partial charge in [0.25, 0.3) is 0 Å². The van der Waals surface area contributed by atoms with Crippen molar-refractivity contribution in [3.63, 3.8) is 0 Å². The molecule has 3 heteroatoms. The highest BCUT2D eigenvalue weighted by molar-refractivity contribution is 5.38. The summed E-state index contributed by atoms with van der Waals surface area (Å²) in [4.78, 5) is 4.17. The van der Waals surface area contributed by atoms with E-state index in [0.29, 0.717) is 18.1 Å². The number of methoxy groups -OCH3 is 1. The Morgan fingerprint density at radius 3 is 2.94 bits per heavy atom. The Balaban J connectivity index is 2.05. The first-order valence-electron chi connectivity index (χ1n) is 4.97. The van der Waals surface area contributed by atoms with Crippen LogP contribution < -0.4 is 9.47 Å². The third kappa shape index (κ3) is 2.51. The van der Waals surface area contributed by atoms with Crippen molar-refractivity contribution in [1.82, 2.24) is 4.98 Å². The molecule has 0 saturated carbocycles. The second kappa shape index (κ2) is 5.16. The lowest BCUT2D eigenvalue weighted by molar-refractivity contribution is 0.280. The Hall–Kier alpha value is -2.03. The molecule has 0 aliphatic rings. The lowest BCUT2D eigenvalue weighted by Crippen LogP contribution is -1.99. The van der Waals surface area contributed by atoms with E-state index in [0.717, 1.165) is 5.69 Å². The van der Waals surface area contributed by atoms with Gasteiger partial charge in [-0.05, 0) is 30.3 Å². The van der Waals surface area contributed by atoms with E-state index in [-0.39, 0.29) is 0 Å². The summed E-state index contributed by atoms with van der Waals surface area (Å²) in [7, 11) is 1.61. The number of pyridine rings is 1. The van der Waals surface area contributed by atoms with Gasteiger partial charge in [0.1, 0.15) is 6.61 Å². The van der Waals surface area contributed by atoms with E-state index in [1.807, 2.05) is 24.3 Å². The Bertz CT molecular complexity index is 443. The number of hydrogen-bond donors (Lipinski definition) is 0. The van der Waals surface area contributed by atoms with Crippen LogP contribution in [0.1, 0.15) is 5.69 Å². The van der Waals surface area contributed by atoms with E-state index in [1.165, 1.54) is 0 Å². The number of benzene rings is 1. The first-order chi connectivity index (χ1) is 7.90. The van der Waals surface area contributed by atoms with Crippen LogP contribution in [0.15, 0.2) is 42.6 Å². The van der Waals surface area contributed by atoms with Crippen LogP contribution in [0.2, 0.25) is 0 Å². The van der Waals surface area contributed by atoms with Gasteiger partial charge >= 0.3 is 0 Å². The van der Waals surface area contributed by atoms with Crippen LogP contribution in [-0.4, -0.2) is 12.1 Å². The Morgan fingerprint density at radius 2 is 2.19 bits per heavy atom. The maximum Gasteiger partial charge on any atom is 0.162 e. The first-order valence-corrected chi connectivity index (χ1v) is 4.97. The van der Waals surface area contributed by atoms with Crippen molar-refractivity contribution in [3.8, 4) is 11.5 Å². The van der Waals surface area contributed by atoms with Gasteiger partial charge in [-0.2, -0.15) is 0 Å². The molecule has 3 nitrogen and oxygen atoms in total. The van der Waals surface area contributed by atoms with Crippen molar-refractivity contribution in [2.45, 2.75) is 6.61 Å². The molecule has 16 heavy (non-hydrogen) atoms. The molecule has 0 unspecified atom stereocenters. The van der Waals surface area contributed by atoms with E-state index >= 15 is 0 Å².